The SMILES string of the molecule is CC(C)N(CCCC(O)c1ccc2ccccc2c1)Cc1ccccc1. The quantitative estimate of drug-likeness (QED) is 0.576. The fourth-order valence-electron chi connectivity index (χ4n) is 3.41. The lowest BCUT2D eigenvalue weighted by Crippen LogP contribution is -2.31. The minimum atomic E-state index is -0.398. The van der Waals surface area contributed by atoms with Crippen LogP contribution >= 0.6 is 0 Å². The van der Waals surface area contributed by atoms with Crippen LogP contribution in [0.4, 0.5) is 0 Å². The van der Waals surface area contributed by atoms with Crippen LogP contribution < -0.4 is 0 Å². The molecule has 0 heterocycles. The van der Waals surface area contributed by atoms with Gasteiger partial charge in [-0.25, -0.2) is 0 Å². The Morgan fingerprint density at radius 2 is 1.54 bits per heavy atom. The maximum absolute atomic E-state index is 10.6. The Morgan fingerprint density at radius 3 is 2.27 bits per heavy atom. The van der Waals surface area contributed by atoms with E-state index in [0.717, 1.165) is 31.5 Å². The molecule has 0 aliphatic heterocycles. The van der Waals surface area contributed by atoms with Gasteiger partial charge in [0.2, 0.25) is 0 Å². The molecule has 0 fully saturated rings. The molecule has 0 spiro atoms. The molecule has 3 aromatic rings. The molecule has 0 aliphatic carbocycles. The van der Waals surface area contributed by atoms with Gasteiger partial charge in [0, 0.05) is 12.6 Å². The summed E-state index contributed by atoms with van der Waals surface area (Å²) < 4.78 is 0. The highest BCUT2D eigenvalue weighted by Crippen LogP contribution is 2.23. The number of nitrogens with zero attached hydrogens (tertiary/aromatic N) is 1. The van der Waals surface area contributed by atoms with Crippen molar-refractivity contribution in [3.8, 4) is 0 Å². The van der Waals surface area contributed by atoms with Crippen molar-refractivity contribution in [1.29, 1.82) is 0 Å². The van der Waals surface area contributed by atoms with Gasteiger partial charge < -0.3 is 5.11 Å². The zero-order chi connectivity index (χ0) is 18.4. The zero-order valence-corrected chi connectivity index (χ0v) is 15.8. The molecule has 26 heavy (non-hydrogen) atoms. The summed E-state index contributed by atoms with van der Waals surface area (Å²) in [5.41, 5.74) is 2.36. The number of fused-ring (bicyclic) bond motifs is 1. The lowest BCUT2D eigenvalue weighted by Gasteiger charge is -2.27. The van der Waals surface area contributed by atoms with Crippen molar-refractivity contribution < 1.29 is 5.11 Å². The predicted octanol–water partition coefficient (Wildman–Crippen LogP) is 5.56. The Hall–Kier alpha value is -2.16. The van der Waals surface area contributed by atoms with Crippen LogP contribution in [-0.2, 0) is 6.54 Å². The number of aliphatic hydroxyl groups excluding tert-OH is 1. The number of benzene rings is 3. The maximum Gasteiger partial charge on any atom is 0.0790 e. The van der Waals surface area contributed by atoms with Crippen LogP contribution in [0, 0.1) is 0 Å². The Labute approximate surface area is 157 Å². The van der Waals surface area contributed by atoms with Crippen LogP contribution in [0.1, 0.15) is 43.9 Å². The number of hydrogen-bond donors (Lipinski definition) is 1. The number of aliphatic hydroxyl groups is 1. The lowest BCUT2D eigenvalue weighted by atomic mass is 10.0. The topological polar surface area (TPSA) is 23.5 Å². The van der Waals surface area contributed by atoms with E-state index >= 15 is 0 Å². The molecule has 1 unspecified atom stereocenters. The van der Waals surface area contributed by atoms with Gasteiger partial charge in [-0.1, -0.05) is 66.7 Å². The van der Waals surface area contributed by atoms with Crippen molar-refractivity contribution in [2.24, 2.45) is 0 Å². The van der Waals surface area contributed by atoms with Crippen LogP contribution in [0.5, 0.6) is 0 Å². The summed E-state index contributed by atoms with van der Waals surface area (Å²) in [6, 6.07) is 25.7. The van der Waals surface area contributed by atoms with E-state index in [-0.39, 0.29) is 0 Å². The Kier molecular flexibility index (Phi) is 6.43. The molecule has 0 aliphatic rings. The molecule has 0 radical (unpaired) electrons. The molecule has 136 valence electrons. The highest BCUT2D eigenvalue weighted by molar-refractivity contribution is 5.83. The standard InChI is InChI=1S/C24H29NO/c1-19(2)25(18-20-9-4-3-5-10-20)16-8-13-24(26)23-15-14-21-11-6-7-12-22(21)17-23/h3-7,9-12,14-15,17,19,24,26H,8,13,16,18H2,1-2H3. The third kappa shape index (κ3) is 4.94. The van der Waals surface area contributed by atoms with Crippen molar-refractivity contribution in [2.45, 2.75) is 45.4 Å². The van der Waals surface area contributed by atoms with E-state index in [1.54, 1.807) is 0 Å². The van der Waals surface area contributed by atoms with Crippen molar-refractivity contribution in [1.82, 2.24) is 4.90 Å². The van der Waals surface area contributed by atoms with E-state index in [1.807, 2.05) is 12.1 Å². The van der Waals surface area contributed by atoms with Gasteiger partial charge in [0.25, 0.3) is 0 Å². The van der Waals surface area contributed by atoms with Gasteiger partial charge in [-0.15, -0.1) is 0 Å². The van der Waals surface area contributed by atoms with E-state index in [1.165, 1.54) is 16.3 Å². The molecular weight excluding hydrogens is 318 g/mol. The first kappa shape index (κ1) is 18.6. The molecule has 0 bridgehead atoms. The normalized spacial score (nSPS) is 12.8. The minimum Gasteiger partial charge on any atom is -0.388 e. The van der Waals surface area contributed by atoms with Crippen molar-refractivity contribution >= 4 is 10.8 Å². The van der Waals surface area contributed by atoms with E-state index in [9.17, 15) is 5.11 Å². The van der Waals surface area contributed by atoms with Crippen molar-refractivity contribution in [2.75, 3.05) is 6.54 Å². The van der Waals surface area contributed by atoms with Crippen LogP contribution in [0.3, 0.4) is 0 Å². The molecule has 0 aromatic heterocycles. The smallest absolute Gasteiger partial charge is 0.0790 e. The van der Waals surface area contributed by atoms with Crippen LogP contribution in [0.25, 0.3) is 10.8 Å². The van der Waals surface area contributed by atoms with Gasteiger partial charge in [0.05, 0.1) is 6.10 Å². The van der Waals surface area contributed by atoms with Crippen molar-refractivity contribution in [3.63, 3.8) is 0 Å². The monoisotopic (exact) mass is 347 g/mol. The first-order chi connectivity index (χ1) is 12.6. The van der Waals surface area contributed by atoms with Crippen LogP contribution in [-0.4, -0.2) is 22.6 Å². The average Bonchev–Trinajstić information content (AvgIpc) is 2.67. The fourth-order valence-corrected chi connectivity index (χ4v) is 3.41. The van der Waals surface area contributed by atoms with E-state index < -0.39 is 6.10 Å². The third-order valence-electron chi connectivity index (χ3n) is 5.04. The molecule has 0 saturated carbocycles. The second-order valence-electron chi connectivity index (χ2n) is 7.31. The summed E-state index contributed by atoms with van der Waals surface area (Å²) in [4.78, 5) is 2.47. The molecule has 1 N–H and O–H groups in total. The first-order valence-electron chi connectivity index (χ1n) is 9.58. The molecule has 3 rings (SSSR count). The molecule has 3 aromatic carbocycles. The summed E-state index contributed by atoms with van der Waals surface area (Å²) in [7, 11) is 0. The van der Waals surface area contributed by atoms with E-state index in [4.69, 9.17) is 0 Å². The second kappa shape index (κ2) is 8.98. The molecule has 0 saturated heterocycles. The van der Waals surface area contributed by atoms with Crippen LogP contribution in [0.15, 0.2) is 72.8 Å². The van der Waals surface area contributed by atoms with Gasteiger partial charge in [0.1, 0.15) is 0 Å². The summed E-state index contributed by atoms with van der Waals surface area (Å²) in [6.07, 6.45) is 1.38. The van der Waals surface area contributed by atoms with Gasteiger partial charge >= 0.3 is 0 Å². The molecule has 2 nitrogen and oxygen atoms in total. The summed E-state index contributed by atoms with van der Waals surface area (Å²) >= 11 is 0. The largest absolute Gasteiger partial charge is 0.388 e. The minimum absolute atomic E-state index is 0.398. The Balaban J connectivity index is 1.56. The highest BCUT2D eigenvalue weighted by atomic mass is 16.3. The second-order valence-corrected chi connectivity index (χ2v) is 7.31. The summed E-state index contributed by atoms with van der Waals surface area (Å²) in [6.45, 7) is 6.44. The zero-order valence-electron chi connectivity index (χ0n) is 15.8. The van der Waals surface area contributed by atoms with Crippen molar-refractivity contribution in [3.05, 3.63) is 83.9 Å². The first-order valence-corrected chi connectivity index (χ1v) is 9.58. The summed E-state index contributed by atoms with van der Waals surface area (Å²) in [5, 5.41) is 13.0. The number of rotatable bonds is 8. The highest BCUT2D eigenvalue weighted by Gasteiger charge is 2.13. The average molecular weight is 348 g/mol. The molecular formula is C24H29NO. The van der Waals surface area contributed by atoms with Gasteiger partial charge in [-0.2, -0.15) is 0 Å². The molecule has 0 amide bonds. The third-order valence-corrected chi connectivity index (χ3v) is 5.04. The number of hydrogen-bond acceptors (Lipinski definition) is 2. The summed E-state index contributed by atoms with van der Waals surface area (Å²) in [5.74, 6) is 0. The van der Waals surface area contributed by atoms with Crippen LogP contribution in [0.2, 0.25) is 0 Å². The molecule has 1 atom stereocenters. The van der Waals surface area contributed by atoms with E-state index in [0.29, 0.717) is 6.04 Å². The Bertz CT molecular complexity index is 813. The predicted molar refractivity (Wildman–Crippen MR) is 110 cm³/mol. The van der Waals surface area contributed by atoms with E-state index in [2.05, 4.69) is 79.4 Å². The lowest BCUT2D eigenvalue weighted by molar-refractivity contribution is 0.146. The maximum atomic E-state index is 10.6. The van der Waals surface area contributed by atoms with Gasteiger partial charge in [0.15, 0.2) is 0 Å². The molecule has 2 heteroatoms. The fraction of sp³-hybridized carbons (Fsp3) is 0.333. The van der Waals surface area contributed by atoms with Gasteiger partial charge in [-0.05, 0) is 61.2 Å². The Morgan fingerprint density at radius 1 is 0.846 bits per heavy atom. The van der Waals surface area contributed by atoms with Gasteiger partial charge in [-0.3, -0.25) is 4.90 Å².